The topological polar surface area (TPSA) is 55.4 Å². The number of hydrogen-bond donors (Lipinski definition) is 1. The molecule has 1 amide bonds. The van der Waals surface area contributed by atoms with Crippen molar-refractivity contribution in [2.75, 3.05) is 0 Å². The summed E-state index contributed by atoms with van der Waals surface area (Å²) < 4.78 is 5.13. The Labute approximate surface area is 96.0 Å². The van der Waals surface area contributed by atoms with Crippen LogP contribution in [-0.4, -0.2) is 23.5 Å². The molecule has 0 aliphatic heterocycles. The first kappa shape index (κ1) is 12.7. The quantitative estimate of drug-likeness (QED) is 0.732. The van der Waals surface area contributed by atoms with Crippen LogP contribution in [-0.2, 0) is 9.53 Å². The molecule has 4 heteroatoms. The van der Waals surface area contributed by atoms with E-state index in [4.69, 9.17) is 4.74 Å². The molecule has 16 heavy (non-hydrogen) atoms. The number of carbonyl (C=O) groups is 2. The summed E-state index contributed by atoms with van der Waals surface area (Å²) in [4.78, 5) is 22.5. The number of ether oxygens (including phenoxy) is 1. The Bertz CT molecular complexity index is 315. The van der Waals surface area contributed by atoms with Gasteiger partial charge >= 0.3 is 6.09 Å². The average molecular weight is 225 g/mol. The van der Waals surface area contributed by atoms with Crippen LogP contribution in [0, 0.1) is 5.92 Å². The summed E-state index contributed by atoms with van der Waals surface area (Å²) in [5.74, 6) is 0.0599. The molecule has 0 spiro atoms. The maximum Gasteiger partial charge on any atom is 0.408 e. The molecule has 2 unspecified atom stereocenters. The highest BCUT2D eigenvalue weighted by atomic mass is 16.6. The van der Waals surface area contributed by atoms with Crippen LogP contribution < -0.4 is 5.32 Å². The van der Waals surface area contributed by atoms with Crippen molar-refractivity contribution in [3.63, 3.8) is 0 Å². The van der Waals surface area contributed by atoms with E-state index >= 15 is 0 Å². The summed E-state index contributed by atoms with van der Waals surface area (Å²) in [5, 5.41) is 2.72. The Kier molecular flexibility index (Phi) is 3.73. The number of allylic oxidation sites excluding steroid dienone is 1. The molecule has 0 bridgehead atoms. The summed E-state index contributed by atoms with van der Waals surface area (Å²) >= 11 is 0. The third-order valence-electron chi connectivity index (χ3n) is 2.31. The van der Waals surface area contributed by atoms with Crippen LogP contribution in [0.1, 0.15) is 34.1 Å². The maximum absolute atomic E-state index is 11.4. The first-order valence-electron chi connectivity index (χ1n) is 5.46. The minimum atomic E-state index is -0.494. The average Bonchev–Trinajstić information content (AvgIpc) is 2.48. The van der Waals surface area contributed by atoms with E-state index in [1.807, 2.05) is 32.9 Å². The Balaban J connectivity index is 2.38. The van der Waals surface area contributed by atoms with E-state index in [9.17, 15) is 9.59 Å². The van der Waals surface area contributed by atoms with Gasteiger partial charge in [-0.2, -0.15) is 0 Å². The van der Waals surface area contributed by atoms with Crippen LogP contribution in [0.2, 0.25) is 0 Å². The zero-order valence-electron chi connectivity index (χ0n) is 10.2. The standard InChI is InChI=1S/C12H19NO3/c1-8(14)9-5-6-10(7-9)13-11(15)16-12(2,3)4/h5-6,9-10H,7H2,1-4H3,(H,13,15). The molecule has 2 atom stereocenters. The summed E-state index contributed by atoms with van der Waals surface area (Å²) in [6, 6.07) is -0.0938. The maximum atomic E-state index is 11.4. The van der Waals surface area contributed by atoms with Gasteiger partial charge in [0.25, 0.3) is 0 Å². The van der Waals surface area contributed by atoms with Gasteiger partial charge in [0.15, 0.2) is 0 Å². The van der Waals surface area contributed by atoms with Crippen molar-refractivity contribution in [2.45, 2.75) is 45.8 Å². The SMILES string of the molecule is CC(=O)C1C=CC(NC(=O)OC(C)(C)C)C1. The van der Waals surface area contributed by atoms with Crippen LogP contribution >= 0.6 is 0 Å². The molecule has 1 aliphatic rings. The highest BCUT2D eigenvalue weighted by molar-refractivity contribution is 5.81. The van der Waals surface area contributed by atoms with E-state index < -0.39 is 11.7 Å². The minimum absolute atomic E-state index is 0.0695. The molecule has 4 nitrogen and oxygen atoms in total. The molecule has 1 rings (SSSR count). The lowest BCUT2D eigenvalue weighted by molar-refractivity contribution is -0.119. The number of amides is 1. The number of ketones is 1. The fraction of sp³-hybridized carbons (Fsp3) is 0.667. The second kappa shape index (κ2) is 4.68. The normalized spacial score (nSPS) is 24.2. The Morgan fingerprint density at radius 1 is 1.31 bits per heavy atom. The van der Waals surface area contributed by atoms with Gasteiger partial charge in [0.05, 0.1) is 6.04 Å². The fourth-order valence-corrected chi connectivity index (χ4v) is 1.57. The Hall–Kier alpha value is -1.32. The van der Waals surface area contributed by atoms with E-state index in [1.165, 1.54) is 0 Å². The van der Waals surface area contributed by atoms with Crippen LogP contribution in [0.5, 0.6) is 0 Å². The smallest absolute Gasteiger partial charge is 0.408 e. The van der Waals surface area contributed by atoms with Gasteiger partial charge in [-0.15, -0.1) is 0 Å². The van der Waals surface area contributed by atoms with E-state index in [-0.39, 0.29) is 17.7 Å². The summed E-state index contributed by atoms with van der Waals surface area (Å²) in [6.07, 6.45) is 3.88. The van der Waals surface area contributed by atoms with Gasteiger partial charge in [-0.3, -0.25) is 4.79 Å². The highest BCUT2D eigenvalue weighted by Gasteiger charge is 2.25. The molecule has 1 aliphatic carbocycles. The van der Waals surface area contributed by atoms with Crippen molar-refractivity contribution in [1.29, 1.82) is 0 Å². The number of nitrogens with one attached hydrogen (secondary N) is 1. The number of Topliss-reactive ketones (excluding diaryl/α,β-unsaturated/α-hetero) is 1. The van der Waals surface area contributed by atoms with Gasteiger partial charge in [0, 0.05) is 5.92 Å². The second-order valence-corrected chi connectivity index (χ2v) is 5.09. The Morgan fingerprint density at radius 2 is 1.94 bits per heavy atom. The van der Waals surface area contributed by atoms with Crippen molar-refractivity contribution in [3.05, 3.63) is 12.2 Å². The van der Waals surface area contributed by atoms with Gasteiger partial charge in [0.1, 0.15) is 11.4 Å². The largest absolute Gasteiger partial charge is 0.444 e. The summed E-state index contributed by atoms with van der Waals surface area (Å²) in [6.45, 7) is 7.01. The van der Waals surface area contributed by atoms with Crippen molar-refractivity contribution in [2.24, 2.45) is 5.92 Å². The number of carbonyl (C=O) groups excluding carboxylic acids is 2. The molecular formula is C12H19NO3. The van der Waals surface area contributed by atoms with E-state index in [0.29, 0.717) is 6.42 Å². The molecule has 1 N–H and O–H groups in total. The van der Waals surface area contributed by atoms with Gasteiger partial charge < -0.3 is 10.1 Å². The van der Waals surface area contributed by atoms with Crippen molar-refractivity contribution < 1.29 is 14.3 Å². The van der Waals surface area contributed by atoms with Gasteiger partial charge in [-0.1, -0.05) is 12.2 Å². The zero-order chi connectivity index (χ0) is 12.3. The van der Waals surface area contributed by atoms with Gasteiger partial charge in [-0.25, -0.2) is 4.79 Å². The predicted octanol–water partition coefficient (Wildman–Crippen LogP) is 2.04. The first-order valence-corrected chi connectivity index (χ1v) is 5.46. The second-order valence-electron chi connectivity index (χ2n) is 5.09. The molecule has 0 saturated heterocycles. The van der Waals surface area contributed by atoms with Crippen molar-refractivity contribution >= 4 is 11.9 Å². The van der Waals surface area contributed by atoms with Crippen molar-refractivity contribution in [1.82, 2.24) is 5.32 Å². The number of alkyl carbamates (subject to hydrolysis) is 1. The third kappa shape index (κ3) is 4.04. The highest BCUT2D eigenvalue weighted by Crippen LogP contribution is 2.19. The van der Waals surface area contributed by atoms with Gasteiger partial charge in [-0.05, 0) is 34.1 Å². The lowest BCUT2D eigenvalue weighted by Crippen LogP contribution is -2.37. The predicted molar refractivity (Wildman–Crippen MR) is 61.1 cm³/mol. The molecule has 90 valence electrons. The van der Waals surface area contributed by atoms with Gasteiger partial charge in [0.2, 0.25) is 0 Å². The molecule has 0 heterocycles. The zero-order valence-corrected chi connectivity index (χ0v) is 10.2. The number of rotatable bonds is 2. The molecule has 0 aromatic heterocycles. The molecular weight excluding hydrogens is 206 g/mol. The Morgan fingerprint density at radius 3 is 2.38 bits per heavy atom. The fourth-order valence-electron chi connectivity index (χ4n) is 1.57. The molecule has 0 saturated carbocycles. The van der Waals surface area contributed by atoms with E-state index in [2.05, 4.69) is 5.32 Å². The lowest BCUT2D eigenvalue weighted by Gasteiger charge is -2.21. The minimum Gasteiger partial charge on any atom is -0.444 e. The number of hydrogen-bond acceptors (Lipinski definition) is 3. The van der Waals surface area contributed by atoms with Crippen LogP contribution in [0.4, 0.5) is 4.79 Å². The van der Waals surface area contributed by atoms with E-state index in [1.54, 1.807) is 6.92 Å². The summed E-state index contributed by atoms with van der Waals surface area (Å²) in [7, 11) is 0. The third-order valence-corrected chi connectivity index (χ3v) is 2.31. The molecule has 0 aromatic carbocycles. The van der Waals surface area contributed by atoms with Crippen LogP contribution in [0.25, 0.3) is 0 Å². The molecule has 0 radical (unpaired) electrons. The summed E-state index contributed by atoms with van der Waals surface area (Å²) in [5.41, 5.74) is -0.494. The molecule has 0 fully saturated rings. The monoisotopic (exact) mass is 225 g/mol. The lowest BCUT2D eigenvalue weighted by atomic mass is 10.0. The van der Waals surface area contributed by atoms with E-state index in [0.717, 1.165) is 0 Å². The first-order chi connectivity index (χ1) is 7.28. The van der Waals surface area contributed by atoms with Crippen LogP contribution in [0.15, 0.2) is 12.2 Å². The molecule has 0 aromatic rings. The van der Waals surface area contributed by atoms with Crippen molar-refractivity contribution in [3.8, 4) is 0 Å². The van der Waals surface area contributed by atoms with Crippen LogP contribution in [0.3, 0.4) is 0 Å².